The highest BCUT2D eigenvalue weighted by atomic mass is 16.5. The molecular formula is C21H21N3O4. The maximum atomic E-state index is 12.6. The normalized spacial score (nSPS) is 10.4. The minimum atomic E-state index is -0.367. The molecule has 7 nitrogen and oxygen atoms in total. The number of carbonyl (C=O) groups excluding carboxylic acids is 1. The summed E-state index contributed by atoms with van der Waals surface area (Å²) in [5.74, 6) is 1.15. The third-order valence-corrected chi connectivity index (χ3v) is 4.15. The molecule has 2 aromatic carbocycles. The van der Waals surface area contributed by atoms with Crippen molar-refractivity contribution in [3.63, 3.8) is 0 Å². The van der Waals surface area contributed by atoms with Crippen LogP contribution in [0.25, 0.3) is 11.4 Å². The number of benzene rings is 2. The summed E-state index contributed by atoms with van der Waals surface area (Å²) in [6.07, 6.45) is 0. The number of nitrogens with one attached hydrogen (secondary N) is 1. The Morgan fingerprint density at radius 1 is 1.07 bits per heavy atom. The van der Waals surface area contributed by atoms with Crippen LogP contribution >= 0.6 is 0 Å². The first kappa shape index (κ1) is 19.2. The van der Waals surface area contributed by atoms with E-state index in [-0.39, 0.29) is 18.0 Å². The maximum absolute atomic E-state index is 12.6. The molecule has 3 rings (SSSR count). The predicted molar refractivity (Wildman–Crippen MR) is 107 cm³/mol. The van der Waals surface area contributed by atoms with Crippen molar-refractivity contribution in [1.29, 1.82) is 0 Å². The Morgan fingerprint density at radius 3 is 2.50 bits per heavy atom. The smallest absolute Gasteiger partial charge is 0.254 e. The van der Waals surface area contributed by atoms with Gasteiger partial charge in [0.2, 0.25) is 5.91 Å². The van der Waals surface area contributed by atoms with Gasteiger partial charge in [-0.15, -0.1) is 0 Å². The first-order valence-electron chi connectivity index (χ1n) is 8.67. The average Bonchev–Trinajstić information content (AvgIpc) is 2.70. The minimum absolute atomic E-state index is 0.175. The third kappa shape index (κ3) is 4.20. The van der Waals surface area contributed by atoms with Crippen LogP contribution in [0.5, 0.6) is 11.5 Å². The van der Waals surface area contributed by atoms with E-state index < -0.39 is 0 Å². The van der Waals surface area contributed by atoms with Crippen molar-refractivity contribution in [1.82, 2.24) is 9.55 Å². The predicted octanol–water partition coefficient (Wildman–Crippen LogP) is 2.87. The van der Waals surface area contributed by atoms with Crippen molar-refractivity contribution >= 4 is 11.6 Å². The Labute approximate surface area is 162 Å². The highest BCUT2D eigenvalue weighted by Gasteiger charge is 2.15. The fraction of sp³-hybridized carbons (Fsp3) is 0.190. The first-order valence-corrected chi connectivity index (χ1v) is 8.67. The number of methoxy groups -OCH3 is 2. The van der Waals surface area contributed by atoms with E-state index in [0.29, 0.717) is 28.7 Å². The molecule has 1 N–H and O–H groups in total. The minimum Gasteiger partial charge on any atom is -0.497 e. The standard InChI is InChI=1S/C21H21N3O4/c1-14-11-20(26)24(21(22-14)15-7-5-4-6-8-15)13-19(25)23-17-10-9-16(27-2)12-18(17)28-3/h4-12H,13H2,1-3H3,(H,23,25). The molecule has 144 valence electrons. The zero-order valence-electron chi connectivity index (χ0n) is 15.9. The summed E-state index contributed by atoms with van der Waals surface area (Å²) in [6, 6.07) is 15.8. The number of ether oxygens (including phenoxy) is 2. The van der Waals surface area contributed by atoms with Crippen LogP contribution in [0.3, 0.4) is 0 Å². The van der Waals surface area contributed by atoms with E-state index in [4.69, 9.17) is 9.47 Å². The van der Waals surface area contributed by atoms with E-state index in [1.54, 1.807) is 32.2 Å². The Kier molecular flexibility index (Phi) is 5.74. The summed E-state index contributed by atoms with van der Waals surface area (Å²) in [5.41, 5.74) is 1.56. The molecule has 0 unspecified atom stereocenters. The maximum Gasteiger partial charge on any atom is 0.254 e. The molecule has 1 aromatic heterocycles. The van der Waals surface area contributed by atoms with Crippen molar-refractivity contribution in [2.24, 2.45) is 0 Å². The van der Waals surface area contributed by atoms with Gasteiger partial charge in [-0.2, -0.15) is 0 Å². The van der Waals surface area contributed by atoms with E-state index in [0.717, 1.165) is 5.56 Å². The zero-order chi connectivity index (χ0) is 20.1. The Balaban J connectivity index is 1.90. The molecular weight excluding hydrogens is 358 g/mol. The number of hydrogen-bond acceptors (Lipinski definition) is 5. The molecule has 0 saturated carbocycles. The zero-order valence-corrected chi connectivity index (χ0v) is 15.9. The molecule has 0 bridgehead atoms. The quantitative estimate of drug-likeness (QED) is 0.712. The second kappa shape index (κ2) is 8.39. The Hall–Kier alpha value is -3.61. The number of nitrogens with zero attached hydrogens (tertiary/aromatic N) is 2. The largest absolute Gasteiger partial charge is 0.497 e. The second-order valence-electron chi connectivity index (χ2n) is 6.13. The monoisotopic (exact) mass is 379 g/mol. The highest BCUT2D eigenvalue weighted by molar-refractivity contribution is 5.92. The van der Waals surface area contributed by atoms with Crippen LogP contribution in [0, 0.1) is 6.92 Å². The number of aromatic nitrogens is 2. The lowest BCUT2D eigenvalue weighted by Gasteiger charge is -2.14. The van der Waals surface area contributed by atoms with Gasteiger partial charge in [0.25, 0.3) is 5.56 Å². The van der Waals surface area contributed by atoms with Crippen LogP contribution in [0.4, 0.5) is 5.69 Å². The second-order valence-corrected chi connectivity index (χ2v) is 6.13. The third-order valence-electron chi connectivity index (χ3n) is 4.15. The molecule has 0 fully saturated rings. The summed E-state index contributed by atoms with van der Waals surface area (Å²) in [5, 5.41) is 2.77. The van der Waals surface area contributed by atoms with E-state index in [2.05, 4.69) is 10.3 Å². The summed E-state index contributed by atoms with van der Waals surface area (Å²) < 4.78 is 11.8. The van der Waals surface area contributed by atoms with Crippen molar-refractivity contribution in [3.05, 3.63) is 70.6 Å². The van der Waals surface area contributed by atoms with Gasteiger partial charge in [-0.25, -0.2) is 4.98 Å². The summed E-state index contributed by atoms with van der Waals surface area (Å²) in [4.78, 5) is 29.6. The van der Waals surface area contributed by atoms with Crippen molar-refractivity contribution < 1.29 is 14.3 Å². The fourth-order valence-electron chi connectivity index (χ4n) is 2.82. The molecule has 1 heterocycles. The number of hydrogen-bond donors (Lipinski definition) is 1. The highest BCUT2D eigenvalue weighted by Crippen LogP contribution is 2.29. The van der Waals surface area contributed by atoms with E-state index in [1.807, 2.05) is 30.3 Å². The van der Waals surface area contributed by atoms with Gasteiger partial charge in [-0.1, -0.05) is 30.3 Å². The molecule has 0 aliphatic rings. The number of carbonyl (C=O) groups is 1. The van der Waals surface area contributed by atoms with Gasteiger partial charge in [0.1, 0.15) is 23.9 Å². The molecule has 0 radical (unpaired) electrons. The number of anilines is 1. The number of aryl methyl sites for hydroxylation is 1. The Morgan fingerprint density at radius 2 is 1.82 bits per heavy atom. The summed E-state index contributed by atoms with van der Waals surface area (Å²) in [6.45, 7) is 1.58. The molecule has 1 amide bonds. The van der Waals surface area contributed by atoms with Crippen molar-refractivity contribution in [3.8, 4) is 22.9 Å². The molecule has 0 aliphatic carbocycles. The topological polar surface area (TPSA) is 82.5 Å². The van der Waals surface area contributed by atoms with Crippen LogP contribution in [-0.2, 0) is 11.3 Å². The van der Waals surface area contributed by atoms with Gasteiger partial charge in [0.15, 0.2) is 0 Å². The molecule has 0 aliphatic heterocycles. The van der Waals surface area contributed by atoms with Crippen molar-refractivity contribution in [2.75, 3.05) is 19.5 Å². The van der Waals surface area contributed by atoms with Crippen LogP contribution < -0.4 is 20.3 Å². The van der Waals surface area contributed by atoms with Crippen LogP contribution in [0.1, 0.15) is 5.69 Å². The molecule has 3 aromatic rings. The summed E-state index contributed by atoms with van der Waals surface area (Å²) >= 11 is 0. The molecule has 0 saturated heterocycles. The van der Waals surface area contributed by atoms with E-state index in [1.165, 1.54) is 17.7 Å². The van der Waals surface area contributed by atoms with Crippen LogP contribution in [-0.4, -0.2) is 29.7 Å². The lowest BCUT2D eigenvalue weighted by atomic mass is 10.2. The van der Waals surface area contributed by atoms with Gasteiger partial charge in [-0.05, 0) is 19.1 Å². The van der Waals surface area contributed by atoms with Crippen LogP contribution in [0.15, 0.2) is 59.4 Å². The van der Waals surface area contributed by atoms with Gasteiger partial charge in [0, 0.05) is 23.4 Å². The summed E-state index contributed by atoms with van der Waals surface area (Å²) in [7, 11) is 3.06. The lowest BCUT2D eigenvalue weighted by molar-refractivity contribution is -0.116. The Bertz CT molecular complexity index is 1050. The molecule has 28 heavy (non-hydrogen) atoms. The lowest BCUT2D eigenvalue weighted by Crippen LogP contribution is -2.29. The van der Waals surface area contributed by atoms with Gasteiger partial charge in [-0.3, -0.25) is 14.2 Å². The van der Waals surface area contributed by atoms with Gasteiger partial charge in [0.05, 0.1) is 19.9 Å². The molecule has 0 spiro atoms. The molecule has 0 atom stereocenters. The van der Waals surface area contributed by atoms with Crippen molar-refractivity contribution in [2.45, 2.75) is 13.5 Å². The van der Waals surface area contributed by atoms with Gasteiger partial charge >= 0.3 is 0 Å². The molecule has 7 heteroatoms. The van der Waals surface area contributed by atoms with Crippen LogP contribution in [0.2, 0.25) is 0 Å². The van der Waals surface area contributed by atoms with E-state index >= 15 is 0 Å². The average molecular weight is 379 g/mol. The number of amides is 1. The number of rotatable bonds is 6. The SMILES string of the molecule is COc1ccc(NC(=O)Cn2c(-c3ccccc3)nc(C)cc2=O)c(OC)c1. The van der Waals surface area contributed by atoms with Gasteiger partial charge < -0.3 is 14.8 Å². The first-order chi connectivity index (χ1) is 13.5. The fourth-order valence-corrected chi connectivity index (χ4v) is 2.82. The van der Waals surface area contributed by atoms with E-state index in [9.17, 15) is 9.59 Å².